The van der Waals surface area contributed by atoms with Gasteiger partial charge in [0.1, 0.15) is 5.78 Å². The van der Waals surface area contributed by atoms with Crippen LogP contribution in [-0.4, -0.2) is 78.0 Å². The summed E-state index contributed by atoms with van der Waals surface area (Å²) in [6, 6.07) is 32.9. The highest BCUT2D eigenvalue weighted by molar-refractivity contribution is 5.84. The van der Waals surface area contributed by atoms with Crippen molar-refractivity contribution in [2.75, 3.05) is 7.11 Å². The van der Waals surface area contributed by atoms with E-state index in [1.165, 1.54) is 23.8 Å². The number of benzene rings is 5. The van der Waals surface area contributed by atoms with Crippen molar-refractivity contribution in [3.8, 4) is 46.7 Å². The Bertz CT molecular complexity index is 4300. The van der Waals surface area contributed by atoms with Gasteiger partial charge in [0.25, 0.3) is 0 Å². The Labute approximate surface area is 552 Å². The maximum atomic E-state index is 17.7. The lowest BCUT2D eigenvalue weighted by Gasteiger charge is -2.82. The van der Waals surface area contributed by atoms with Gasteiger partial charge in [-0.3, -0.25) is 4.79 Å². The lowest BCUT2D eigenvalue weighted by Crippen LogP contribution is -2.87. The summed E-state index contributed by atoms with van der Waals surface area (Å²) in [5, 5.41) is 94.6. The molecule has 482 valence electrons. The Morgan fingerprint density at radius 3 is 2.33 bits per heavy atom. The Kier molecular flexibility index (Phi) is 12.8. The first-order valence-electron chi connectivity index (χ1n) is 36.0. The predicted octanol–water partition coefficient (Wildman–Crippen LogP) is 12.5. The van der Waals surface area contributed by atoms with Crippen LogP contribution in [0.1, 0.15) is 176 Å². The third-order valence-electron chi connectivity index (χ3n) is 29.0. The fourth-order valence-corrected chi connectivity index (χ4v) is 25.8. The maximum Gasteiger partial charge on any atom is 0.160 e. The van der Waals surface area contributed by atoms with Gasteiger partial charge in [0.05, 0.1) is 43.4 Å². The molecule has 0 radical (unpaired) electrons. The number of hydrogen-bond acceptors (Lipinski definition) is 10. The van der Waals surface area contributed by atoms with E-state index in [-0.39, 0.29) is 70.7 Å². The molecule has 5 spiro atoms. The molecule has 8 N–H and O–H groups in total. The second-order valence-electron chi connectivity index (χ2n) is 32.5. The predicted molar refractivity (Wildman–Crippen MR) is 358 cm³/mol. The van der Waals surface area contributed by atoms with Crippen LogP contribution in [0, 0.1) is 87.8 Å². The van der Waals surface area contributed by atoms with Gasteiger partial charge in [-0.05, 0) is 222 Å². The number of piperidine rings is 1. The quantitative estimate of drug-likeness (QED) is 0.0444. The van der Waals surface area contributed by atoms with Crippen LogP contribution in [0.25, 0.3) is 0 Å². The number of ketones is 1. The van der Waals surface area contributed by atoms with E-state index < -0.39 is 87.7 Å². The van der Waals surface area contributed by atoms with Gasteiger partial charge >= 0.3 is 0 Å². The summed E-state index contributed by atoms with van der Waals surface area (Å²) in [5.41, 5.74) is 9.15. The standard InChI is InChI=1S/C84H87NO9/c1-94-75-39-60(53(44-86)34-74(75)92)59-36-71(89)67-33-52-31-55-29-50-20-22-69(87)58(77(50)52)17-8-18-68-57(21-19-49(59)28-47-13-6-3-7-14-47)78-83(67,93)26-25-81(85-68)43-56-30-51-32-66(79(55)23-9-15-48(42-79)27-46-11-4-2-5-12-46)70(88)37-61(51)64-35-54-16-10-24-80(54)45-82(56,64)76-41-63(80)62-38-72(90)73(91)40-65(62)84(76,78)81/h2-7,11-14,29-32,34-35,38-40,48-49,54,56-59,61,63,67-70,76,78,85-88,90-93H,9-10,15-16,18,20,22-28,33,36-37,41-45H2,1H3/t48-,49-,54-,56-,57-,58-,59-,61-,63+,67-,68-,69+,70-,76+,78-,79+,80+,81-,82+,83+,84+/m1/s1. The van der Waals surface area contributed by atoms with Gasteiger partial charge in [0.2, 0.25) is 0 Å². The molecule has 5 saturated carbocycles. The second kappa shape index (κ2) is 20.6. The lowest BCUT2D eigenvalue weighted by atomic mass is 9.23. The highest BCUT2D eigenvalue weighted by atomic mass is 16.5. The number of methoxy groups -OCH3 is 1. The van der Waals surface area contributed by atoms with Crippen molar-refractivity contribution in [1.29, 1.82) is 0 Å². The number of Topliss-reactive ketones (excluding diaryl/α,β-unsaturated/α-hetero) is 1. The zero-order valence-electron chi connectivity index (χ0n) is 53.9. The molecule has 17 bridgehead atoms. The monoisotopic (exact) mass is 1250 g/mol. The summed E-state index contributed by atoms with van der Waals surface area (Å²) >= 11 is 0. The van der Waals surface area contributed by atoms with E-state index in [0.29, 0.717) is 67.9 Å². The number of aliphatic hydroxyl groups is 4. The third-order valence-corrected chi connectivity index (χ3v) is 29.0. The molecule has 0 aromatic heterocycles. The summed E-state index contributed by atoms with van der Waals surface area (Å²) in [7, 11) is 1.52. The SMILES string of the molecule is COc1cc([C@@H]2CC(=O)[C@H]3Cc4cc5cc6c4[C@H](C#CC[C@H]4N[C@@]78CC[C@@]3(O)[C@@H]([C@@H]4C#C[C@@H]2Cc2ccccc2)[C@@]72c3cc(O)c(O)cc3[C@@H]3C[C@H]2[C@]24C[C@]37CCC[C@@H]7C=C2[C@@H]2C[C@@H](O)C(=CC2=C[C@@H]4C8)[C@]52CCC[C@H](Cc3ccccc3)C2)[C@@H](O)CC6)c(CO)cc1O. The van der Waals surface area contributed by atoms with Crippen molar-refractivity contribution in [2.45, 2.75) is 193 Å². The van der Waals surface area contributed by atoms with E-state index in [2.05, 4.69) is 102 Å². The molecular weight excluding hydrogens is 1170 g/mol. The maximum absolute atomic E-state index is 17.7. The number of aryl methyl sites for hydroxylation is 1. The van der Waals surface area contributed by atoms with Crippen molar-refractivity contribution >= 4 is 5.78 Å². The van der Waals surface area contributed by atoms with Crippen molar-refractivity contribution in [3.63, 3.8) is 0 Å². The first-order valence-corrected chi connectivity index (χ1v) is 36.0. The average Bonchev–Trinajstić information content (AvgIpc) is 0.772. The number of ether oxygens (including phenoxy) is 1. The van der Waals surface area contributed by atoms with E-state index in [4.69, 9.17) is 4.74 Å². The second-order valence-corrected chi connectivity index (χ2v) is 32.5. The lowest BCUT2D eigenvalue weighted by molar-refractivity contribution is -0.261. The minimum atomic E-state index is -1.74. The molecule has 1 aliphatic heterocycles. The molecule has 21 atom stereocenters. The molecule has 1 saturated heterocycles. The number of carbonyl (C=O) groups is 1. The van der Waals surface area contributed by atoms with E-state index in [9.17, 15) is 30.6 Å². The number of phenolic OH excluding ortho intramolecular Hbond substituents is 3. The molecule has 18 aliphatic rings. The van der Waals surface area contributed by atoms with Crippen LogP contribution in [0.2, 0.25) is 0 Å². The summed E-state index contributed by atoms with van der Waals surface area (Å²) in [6.45, 7) is -0.402. The third kappa shape index (κ3) is 7.67. The normalized spacial score (nSPS) is 41.5. The number of carbonyl (C=O) groups excluding carboxylic acids is 1. The highest BCUT2D eigenvalue weighted by Crippen LogP contribution is 2.85. The Hall–Kier alpha value is -6.89. The van der Waals surface area contributed by atoms with E-state index in [1.54, 1.807) is 12.1 Å². The van der Waals surface area contributed by atoms with Gasteiger partial charge in [-0.15, -0.1) is 5.92 Å². The molecule has 94 heavy (non-hydrogen) atoms. The van der Waals surface area contributed by atoms with Crippen molar-refractivity contribution in [3.05, 3.63) is 188 Å². The number of fused-ring (bicyclic) bond motifs is 5. The highest BCUT2D eigenvalue weighted by Gasteiger charge is 2.84. The van der Waals surface area contributed by atoms with Crippen LogP contribution in [-0.2, 0) is 47.9 Å². The molecule has 10 heteroatoms. The Morgan fingerprint density at radius 1 is 0.734 bits per heavy atom. The minimum Gasteiger partial charge on any atom is -0.504 e. The van der Waals surface area contributed by atoms with Gasteiger partial charge < -0.3 is 45.8 Å². The first-order chi connectivity index (χ1) is 45.6. The van der Waals surface area contributed by atoms with E-state index in [1.807, 2.05) is 30.3 Å². The number of allylic oxidation sites excluding steroid dienone is 5. The zero-order chi connectivity index (χ0) is 63.6. The zero-order valence-corrected chi connectivity index (χ0v) is 53.9. The number of rotatable bonds is 7. The van der Waals surface area contributed by atoms with Gasteiger partial charge in [0, 0.05) is 70.3 Å². The van der Waals surface area contributed by atoms with Gasteiger partial charge in [-0.2, -0.15) is 0 Å². The van der Waals surface area contributed by atoms with Gasteiger partial charge in [0.15, 0.2) is 23.0 Å². The molecule has 5 aromatic carbocycles. The first kappa shape index (κ1) is 58.5. The van der Waals surface area contributed by atoms with Crippen LogP contribution in [0.3, 0.4) is 0 Å². The molecule has 1 heterocycles. The number of aliphatic hydroxyl groups excluding tert-OH is 3. The Morgan fingerprint density at radius 2 is 1.52 bits per heavy atom. The summed E-state index contributed by atoms with van der Waals surface area (Å²) in [5.74, 6) is 12.1. The van der Waals surface area contributed by atoms with Crippen LogP contribution < -0.4 is 10.1 Å². The summed E-state index contributed by atoms with van der Waals surface area (Å²) < 4.78 is 5.88. The molecule has 6 fully saturated rings. The van der Waals surface area contributed by atoms with Crippen molar-refractivity contribution in [1.82, 2.24) is 5.32 Å². The fraction of sp³-hybridized carbons (Fsp3) is 0.512. The average molecular weight is 1250 g/mol. The van der Waals surface area contributed by atoms with Crippen molar-refractivity contribution < 1.29 is 45.3 Å². The van der Waals surface area contributed by atoms with Crippen LogP contribution in [0.5, 0.6) is 23.0 Å². The Balaban J connectivity index is 0.954. The number of hydrogen-bond donors (Lipinski definition) is 8. The smallest absolute Gasteiger partial charge is 0.160 e. The van der Waals surface area contributed by atoms with Gasteiger partial charge in [-0.1, -0.05) is 134 Å². The molecule has 0 unspecified atom stereocenters. The molecule has 17 aliphatic carbocycles. The fourth-order valence-electron chi connectivity index (χ4n) is 25.8. The molecule has 10 nitrogen and oxygen atoms in total. The summed E-state index contributed by atoms with van der Waals surface area (Å²) in [6.07, 6.45) is 20.6. The van der Waals surface area contributed by atoms with Crippen molar-refractivity contribution in [2.24, 2.45) is 64.1 Å². The summed E-state index contributed by atoms with van der Waals surface area (Å²) in [4.78, 5) is 17.7. The molecule has 5 aromatic rings. The minimum absolute atomic E-state index is 0.0294. The van der Waals surface area contributed by atoms with Gasteiger partial charge in [-0.25, -0.2) is 0 Å². The van der Waals surface area contributed by atoms with Crippen LogP contribution >= 0.6 is 0 Å². The number of nitrogens with one attached hydrogen (secondary N) is 1. The topological polar surface area (TPSA) is 180 Å². The number of phenols is 3. The molecule has 0 amide bonds. The van der Waals surface area contributed by atoms with Crippen LogP contribution in [0.15, 0.2) is 132 Å². The largest absolute Gasteiger partial charge is 0.504 e. The number of aromatic hydroxyl groups is 3. The van der Waals surface area contributed by atoms with E-state index >= 15 is 9.90 Å². The van der Waals surface area contributed by atoms with E-state index in [0.717, 1.165) is 115 Å². The molecule has 23 rings (SSSR count). The van der Waals surface area contributed by atoms with Crippen LogP contribution in [0.4, 0.5) is 0 Å². The molecular formula is C84H87NO9.